The molecule has 1 unspecified atom stereocenters. The molecule has 154 valence electrons. The maximum Gasteiger partial charge on any atom is 0.253 e. The first-order valence-electron chi connectivity index (χ1n) is 10.5. The second kappa shape index (κ2) is 11.6. The number of carbonyl (C=O) groups is 2. The Morgan fingerprint density at radius 1 is 0.815 bits per heavy atom. The smallest absolute Gasteiger partial charge is 0.253 e. The molecule has 2 aliphatic rings. The van der Waals surface area contributed by atoms with Gasteiger partial charge in [-0.05, 0) is 25.7 Å². The molecule has 0 saturated heterocycles. The predicted octanol–water partition coefficient (Wildman–Crippen LogP) is 3.24. The third kappa shape index (κ3) is 5.87. The van der Waals surface area contributed by atoms with Crippen LogP contribution in [-0.2, 0) is 23.8 Å². The van der Waals surface area contributed by atoms with Crippen molar-refractivity contribution in [3.63, 3.8) is 0 Å². The summed E-state index contributed by atoms with van der Waals surface area (Å²) in [4.78, 5) is 25.9. The van der Waals surface area contributed by atoms with Gasteiger partial charge in [-0.2, -0.15) is 0 Å². The van der Waals surface area contributed by atoms with Crippen LogP contribution in [0.4, 0.5) is 0 Å². The molecule has 1 aliphatic heterocycles. The number of ether oxygens (including phenoxy) is 3. The fourth-order valence-corrected chi connectivity index (χ4v) is 3.61. The number of imide groups is 1. The Morgan fingerprint density at radius 3 is 1.81 bits per heavy atom. The van der Waals surface area contributed by atoms with Gasteiger partial charge in [0.1, 0.15) is 12.2 Å². The lowest BCUT2D eigenvalue weighted by Gasteiger charge is -2.30. The largest absolute Gasteiger partial charge is 0.375 e. The van der Waals surface area contributed by atoms with E-state index in [1.54, 1.807) is 0 Å². The Hall–Kier alpha value is -1.24. The van der Waals surface area contributed by atoms with Crippen LogP contribution in [0.1, 0.15) is 65.7 Å². The van der Waals surface area contributed by atoms with Gasteiger partial charge in [-0.3, -0.25) is 14.5 Å². The van der Waals surface area contributed by atoms with Crippen LogP contribution >= 0.6 is 0 Å². The van der Waals surface area contributed by atoms with Gasteiger partial charge in [0.15, 0.2) is 0 Å². The first kappa shape index (κ1) is 22.1. The van der Waals surface area contributed by atoms with Crippen molar-refractivity contribution in [1.82, 2.24) is 4.90 Å². The molecule has 1 saturated carbocycles. The number of hydrogen-bond acceptors (Lipinski definition) is 5. The molecule has 4 atom stereocenters. The van der Waals surface area contributed by atoms with E-state index in [1.807, 2.05) is 0 Å². The van der Waals surface area contributed by atoms with E-state index in [0.717, 1.165) is 38.5 Å². The predicted molar refractivity (Wildman–Crippen MR) is 103 cm³/mol. The number of hydrogen-bond donors (Lipinski definition) is 0. The molecular formula is C21H35NO5. The summed E-state index contributed by atoms with van der Waals surface area (Å²) in [6.45, 7) is 8.24. The topological polar surface area (TPSA) is 65.1 Å². The zero-order chi connectivity index (χ0) is 19.6. The Bertz CT molecular complexity index is 489. The Morgan fingerprint density at radius 2 is 1.30 bits per heavy atom. The van der Waals surface area contributed by atoms with Crippen LogP contribution in [0.25, 0.3) is 0 Å². The summed E-state index contributed by atoms with van der Waals surface area (Å²) in [6.07, 6.45) is 8.50. The standard InChI is InChI=1S/C21H35NO5/c1-4-7-12-25-17-15-16(22-18(23)10-11-19(22)24)20(26-13-8-5-2)21(17)27-14-9-6-3/h10-11,16-17,20-21H,4-9,12-15H2,1-3H3/t16-,17?,20-,21-/m0/s1. The van der Waals surface area contributed by atoms with Crippen molar-refractivity contribution in [1.29, 1.82) is 0 Å². The summed E-state index contributed by atoms with van der Waals surface area (Å²) < 4.78 is 18.4. The summed E-state index contributed by atoms with van der Waals surface area (Å²) in [5.41, 5.74) is 0. The van der Waals surface area contributed by atoms with Crippen molar-refractivity contribution in [2.75, 3.05) is 19.8 Å². The molecule has 0 aromatic carbocycles. The second-order valence-electron chi connectivity index (χ2n) is 7.32. The molecule has 2 rings (SSSR count). The van der Waals surface area contributed by atoms with Crippen molar-refractivity contribution in [3.8, 4) is 0 Å². The third-order valence-electron chi connectivity index (χ3n) is 5.16. The Labute approximate surface area is 163 Å². The fraction of sp³-hybridized carbons (Fsp3) is 0.810. The quantitative estimate of drug-likeness (QED) is 0.362. The minimum atomic E-state index is -0.340. The van der Waals surface area contributed by atoms with Crippen LogP contribution < -0.4 is 0 Å². The highest BCUT2D eigenvalue weighted by atomic mass is 16.6. The molecule has 0 radical (unpaired) electrons. The lowest BCUT2D eigenvalue weighted by atomic mass is 10.1. The molecule has 27 heavy (non-hydrogen) atoms. The lowest BCUT2D eigenvalue weighted by Crippen LogP contribution is -2.48. The van der Waals surface area contributed by atoms with Crippen LogP contribution in [0.15, 0.2) is 12.2 Å². The van der Waals surface area contributed by atoms with E-state index < -0.39 is 0 Å². The van der Waals surface area contributed by atoms with E-state index >= 15 is 0 Å². The van der Waals surface area contributed by atoms with Crippen molar-refractivity contribution in [3.05, 3.63) is 12.2 Å². The molecule has 1 aliphatic carbocycles. The Kier molecular flexibility index (Phi) is 9.45. The van der Waals surface area contributed by atoms with Crippen molar-refractivity contribution < 1.29 is 23.8 Å². The summed E-state index contributed by atoms with van der Waals surface area (Å²) in [5.74, 6) is -0.536. The first-order chi connectivity index (χ1) is 13.1. The minimum Gasteiger partial charge on any atom is -0.375 e. The maximum atomic E-state index is 12.3. The van der Waals surface area contributed by atoms with E-state index in [9.17, 15) is 9.59 Å². The summed E-state index contributed by atoms with van der Waals surface area (Å²) in [6, 6.07) is -0.338. The molecular weight excluding hydrogens is 346 g/mol. The normalized spacial score (nSPS) is 27.9. The van der Waals surface area contributed by atoms with Crippen molar-refractivity contribution in [2.45, 2.75) is 90.1 Å². The van der Waals surface area contributed by atoms with E-state index in [4.69, 9.17) is 14.2 Å². The molecule has 0 N–H and O–H groups in total. The number of nitrogens with zero attached hydrogens (tertiary/aromatic N) is 1. The van der Waals surface area contributed by atoms with Crippen LogP contribution in [0, 0.1) is 0 Å². The zero-order valence-electron chi connectivity index (χ0n) is 17.0. The van der Waals surface area contributed by atoms with E-state index in [0.29, 0.717) is 26.2 Å². The summed E-state index contributed by atoms with van der Waals surface area (Å²) >= 11 is 0. The SMILES string of the molecule is CCCCOC1C[C@H](N2C(=O)C=CC2=O)[C@H](OCCCC)[C@H]1OCCCC. The molecule has 0 spiro atoms. The Balaban J connectivity index is 2.15. The number of carbonyl (C=O) groups excluding carboxylic acids is 2. The molecule has 6 nitrogen and oxygen atoms in total. The van der Waals surface area contributed by atoms with Gasteiger partial charge >= 0.3 is 0 Å². The number of rotatable bonds is 13. The van der Waals surface area contributed by atoms with E-state index in [1.165, 1.54) is 17.1 Å². The molecule has 0 aromatic rings. The summed E-state index contributed by atoms with van der Waals surface area (Å²) in [5, 5.41) is 0. The van der Waals surface area contributed by atoms with Gasteiger partial charge in [0.25, 0.3) is 11.8 Å². The van der Waals surface area contributed by atoms with Gasteiger partial charge in [-0.1, -0.05) is 40.0 Å². The molecule has 1 heterocycles. The van der Waals surface area contributed by atoms with E-state index in [-0.39, 0.29) is 36.2 Å². The van der Waals surface area contributed by atoms with Crippen LogP contribution in [-0.4, -0.2) is 60.9 Å². The lowest BCUT2D eigenvalue weighted by molar-refractivity contribution is -0.146. The van der Waals surface area contributed by atoms with Crippen molar-refractivity contribution in [2.24, 2.45) is 0 Å². The van der Waals surface area contributed by atoms with Gasteiger partial charge in [0, 0.05) is 32.0 Å². The maximum absolute atomic E-state index is 12.3. The van der Waals surface area contributed by atoms with Gasteiger partial charge in [-0.15, -0.1) is 0 Å². The van der Waals surface area contributed by atoms with Crippen LogP contribution in [0.2, 0.25) is 0 Å². The fourth-order valence-electron chi connectivity index (χ4n) is 3.61. The minimum absolute atomic E-state index is 0.161. The molecule has 0 bridgehead atoms. The number of unbranched alkanes of at least 4 members (excludes halogenated alkanes) is 3. The highest BCUT2D eigenvalue weighted by molar-refractivity contribution is 6.13. The molecule has 1 fully saturated rings. The highest BCUT2D eigenvalue weighted by Crippen LogP contribution is 2.34. The van der Waals surface area contributed by atoms with Gasteiger partial charge < -0.3 is 14.2 Å². The van der Waals surface area contributed by atoms with Crippen molar-refractivity contribution >= 4 is 11.8 Å². The average Bonchev–Trinajstić information content (AvgIpc) is 3.16. The first-order valence-corrected chi connectivity index (χ1v) is 10.5. The van der Waals surface area contributed by atoms with Gasteiger partial charge in [-0.25, -0.2) is 0 Å². The van der Waals surface area contributed by atoms with Gasteiger partial charge in [0.2, 0.25) is 0 Å². The number of amides is 2. The van der Waals surface area contributed by atoms with E-state index in [2.05, 4.69) is 20.8 Å². The highest BCUT2D eigenvalue weighted by Gasteiger charge is 2.51. The average molecular weight is 382 g/mol. The summed E-state index contributed by atoms with van der Waals surface area (Å²) in [7, 11) is 0. The van der Waals surface area contributed by atoms with Gasteiger partial charge in [0.05, 0.1) is 12.1 Å². The third-order valence-corrected chi connectivity index (χ3v) is 5.16. The monoisotopic (exact) mass is 381 g/mol. The van der Waals surface area contributed by atoms with Crippen LogP contribution in [0.3, 0.4) is 0 Å². The second-order valence-corrected chi connectivity index (χ2v) is 7.32. The molecule has 6 heteroatoms. The zero-order valence-corrected chi connectivity index (χ0v) is 17.0. The molecule has 2 amide bonds. The van der Waals surface area contributed by atoms with Crippen LogP contribution in [0.5, 0.6) is 0 Å². The molecule has 0 aromatic heterocycles.